The molecule has 0 bridgehead atoms. The summed E-state index contributed by atoms with van der Waals surface area (Å²) in [5.41, 5.74) is 3.55. The third-order valence-corrected chi connectivity index (χ3v) is 4.18. The van der Waals surface area contributed by atoms with Crippen LogP contribution in [0.4, 0.5) is 22.9 Å². The SMILES string of the molecule is CC(=O)Nc1cccc(Nc2cnc(C(=O)Nc3ccc(C(C)C)cc3)cn2)c1. The Kier molecular flexibility index (Phi) is 6.19. The zero-order chi connectivity index (χ0) is 20.8. The van der Waals surface area contributed by atoms with Gasteiger partial charge in [0.25, 0.3) is 5.91 Å². The van der Waals surface area contributed by atoms with E-state index in [2.05, 4.69) is 39.8 Å². The number of nitrogens with zero attached hydrogens (tertiary/aromatic N) is 2. The average molecular weight is 389 g/mol. The van der Waals surface area contributed by atoms with Crippen LogP contribution in [-0.2, 0) is 4.79 Å². The maximum absolute atomic E-state index is 12.4. The van der Waals surface area contributed by atoms with Gasteiger partial charge < -0.3 is 16.0 Å². The van der Waals surface area contributed by atoms with E-state index in [1.54, 1.807) is 12.1 Å². The summed E-state index contributed by atoms with van der Waals surface area (Å²) < 4.78 is 0. The molecule has 0 fully saturated rings. The molecule has 7 nitrogen and oxygen atoms in total. The second-order valence-electron chi connectivity index (χ2n) is 6.90. The van der Waals surface area contributed by atoms with Gasteiger partial charge in [0.1, 0.15) is 11.5 Å². The molecule has 0 spiro atoms. The molecule has 3 aromatic rings. The average Bonchev–Trinajstić information content (AvgIpc) is 2.68. The lowest BCUT2D eigenvalue weighted by atomic mass is 10.0. The number of nitrogens with one attached hydrogen (secondary N) is 3. The first-order valence-electron chi connectivity index (χ1n) is 9.29. The minimum absolute atomic E-state index is 0.142. The Morgan fingerprint density at radius 1 is 0.862 bits per heavy atom. The van der Waals surface area contributed by atoms with Crippen LogP contribution in [0.1, 0.15) is 42.7 Å². The van der Waals surface area contributed by atoms with Crippen molar-refractivity contribution in [2.75, 3.05) is 16.0 Å². The highest BCUT2D eigenvalue weighted by Gasteiger charge is 2.09. The third-order valence-electron chi connectivity index (χ3n) is 4.18. The van der Waals surface area contributed by atoms with Gasteiger partial charge in [-0.3, -0.25) is 9.59 Å². The van der Waals surface area contributed by atoms with E-state index < -0.39 is 0 Å². The van der Waals surface area contributed by atoms with E-state index in [-0.39, 0.29) is 17.5 Å². The van der Waals surface area contributed by atoms with Crippen LogP contribution in [0.3, 0.4) is 0 Å². The number of aromatic nitrogens is 2. The highest BCUT2D eigenvalue weighted by atomic mass is 16.2. The van der Waals surface area contributed by atoms with Crippen LogP contribution in [0.25, 0.3) is 0 Å². The topological polar surface area (TPSA) is 96.0 Å². The normalized spacial score (nSPS) is 10.5. The standard InChI is InChI=1S/C22H23N5O2/c1-14(2)16-7-9-17(10-8-16)27-22(29)20-12-24-21(13-23-20)26-19-6-4-5-18(11-19)25-15(3)28/h4-14H,1-3H3,(H,24,26)(H,25,28)(H,27,29). The summed E-state index contributed by atoms with van der Waals surface area (Å²) in [6.07, 6.45) is 2.90. The summed E-state index contributed by atoms with van der Waals surface area (Å²) in [7, 11) is 0. The molecule has 0 saturated carbocycles. The van der Waals surface area contributed by atoms with Crippen molar-refractivity contribution in [3.63, 3.8) is 0 Å². The number of rotatable bonds is 6. The third kappa shape index (κ3) is 5.62. The number of carbonyl (C=O) groups is 2. The van der Waals surface area contributed by atoms with Crippen molar-refractivity contribution in [3.8, 4) is 0 Å². The zero-order valence-electron chi connectivity index (χ0n) is 16.6. The minimum atomic E-state index is -0.325. The maximum atomic E-state index is 12.4. The fourth-order valence-corrected chi connectivity index (χ4v) is 2.68. The van der Waals surface area contributed by atoms with Gasteiger partial charge in [-0.15, -0.1) is 0 Å². The molecule has 3 N–H and O–H groups in total. The summed E-state index contributed by atoms with van der Waals surface area (Å²) >= 11 is 0. The van der Waals surface area contributed by atoms with Gasteiger partial charge in [0.15, 0.2) is 0 Å². The van der Waals surface area contributed by atoms with Crippen LogP contribution in [0.5, 0.6) is 0 Å². The molecule has 0 aliphatic carbocycles. The molecule has 7 heteroatoms. The van der Waals surface area contributed by atoms with Gasteiger partial charge in [-0.2, -0.15) is 0 Å². The Labute approximate surface area is 169 Å². The van der Waals surface area contributed by atoms with E-state index >= 15 is 0 Å². The summed E-state index contributed by atoms with van der Waals surface area (Å²) in [5.74, 6) is 0.456. The number of benzene rings is 2. The Hall–Kier alpha value is -3.74. The van der Waals surface area contributed by atoms with Gasteiger partial charge in [0.05, 0.1) is 12.4 Å². The molecule has 2 aromatic carbocycles. The minimum Gasteiger partial charge on any atom is -0.339 e. The summed E-state index contributed by atoms with van der Waals surface area (Å²) in [6, 6.07) is 15.0. The van der Waals surface area contributed by atoms with Gasteiger partial charge in [0, 0.05) is 24.0 Å². The molecule has 0 unspecified atom stereocenters. The predicted octanol–water partition coefficient (Wildman–Crippen LogP) is 4.55. The molecule has 29 heavy (non-hydrogen) atoms. The van der Waals surface area contributed by atoms with Crippen molar-refractivity contribution in [1.29, 1.82) is 0 Å². The van der Waals surface area contributed by atoms with E-state index in [1.807, 2.05) is 36.4 Å². The fourth-order valence-electron chi connectivity index (χ4n) is 2.68. The van der Waals surface area contributed by atoms with Crippen molar-refractivity contribution in [3.05, 3.63) is 72.2 Å². The molecule has 0 radical (unpaired) electrons. The number of anilines is 4. The van der Waals surface area contributed by atoms with Crippen molar-refractivity contribution in [2.24, 2.45) is 0 Å². The van der Waals surface area contributed by atoms with Crippen LogP contribution >= 0.6 is 0 Å². The monoisotopic (exact) mass is 389 g/mol. The van der Waals surface area contributed by atoms with Gasteiger partial charge in [-0.25, -0.2) is 9.97 Å². The number of amides is 2. The summed E-state index contributed by atoms with van der Waals surface area (Å²) in [5, 5.41) is 8.63. The lowest BCUT2D eigenvalue weighted by molar-refractivity contribution is -0.114. The first kappa shape index (κ1) is 20.0. The number of hydrogen-bond donors (Lipinski definition) is 3. The number of hydrogen-bond acceptors (Lipinski definition) is 5. The molecule has 148 valence electrons. The van der Waals surface area contributed by atoms with E-state index in [1.165, 1.54) is 24.9 Å². The molecular formula is C22H23N5O2. The largest absolute Gasteiger partial charge is 0.339 e. The molecule has 1 aromatic heterocycles. The van der Waals surface area contributed by atoms with E-state index in [9.17, 15) is 9.59 Å². The zero-order valence-corrected chi connectivity index (χ0v) is 16.6. The van der Waals surface area contributed by atoms with Gasteiger partial charge >= 0.3 is 0 Å². The van der Waals surface area contributed by atoms with E-state index in [4.69, 9.17) is 0 Å². The van der Waals surface area contributed by atoms with E-state index in [0.717, 1.165) is 5.69 Å². The van der Waals surface area contributed by atoms with Gasteiger partial charge in [-0.1, -0.05) is 32.0 Å². The fraction of sp³-hybridized carbons (Fsp3) is 0.182. The quantitative estimate of drug-likeness (QED) is 0.575. The molecular weight excluding hydrogens is 366 g/mol. The lowest BCUT2D eigenvalue weighted by Crippen LogP contribution is -2.14. The second kappa shape index (κ2) is 8.97. The maximum Gasteiger partial charge on any atom is 0.275 e. The second-order valence-corrected chi connectivity index (χ2v) is 6.90. The molecule has 0 aliphatic heterocycles. The molecule has 1 heterocycles. The molecule has 0 aliphatic rings. The smallest absolute Gasteiger partial charge is 0.275 e. The first-order chi connectivity index (χ1) is 13.9. The lowest BCUT2D eigenvalue weighted by Gasteiger charge is -2.09. The molecule has 0 saturated heterocycles. The van der Waals surface area contributed by atoms with Crippen LogP contribution in [0.2, 0.25) is 0 Å². The highest BCUT2D eigenvalue weighted by molar-refractivity contribution is 6.02. The molecule has 3 rings (SSSR count). The Bertz CT molecular complexity index is 998. The van der Waals surface area contributed by atoms with Crippen molar-refractivity contribution in [1.82, 2.24) is 9.97 Å². The van der Waals surface area contributed by atoms with Crippen molar-refractivity contribution >= 4 is 34.7 Å². The molecule has 2 amide bonds. The van der Waals surface area contributed by atoms with Crippen molar-refractivity contribution in [2.45, 2.75) is 26.7 Å². The summed E-state index contributed by atoms with van der Waals surface area (Å²) in [6.45, 7) is 5.69. The Balaban J connectivity index is 1.63. The van der Waals surface area contributed by atoms with Gasteiger partial charge in [0.2, 0.25) is 5.91 Å². The predicted molar refractivity (Wildman–Crippen MR) is 115 cm³/mol. The number of carbonyl (C=O) groups excluding carboxylic acids is 2. The first-order valence-corrected chi connectivity index (χ1v) is 9.29. The van der Waals surface area contributed by atoms with Crippen LogP contribution in [0.15, 0.2) is 60.9 Å². The van der Waals surface area contributed by atoms with Crippen LogP contribution in [0, 0.1) is 0 Å². The van der Waals surface area contributed by atoms with Crippen LogP contribution in [-0.4, -0.2) is 21.8 Å². The van der Waals surface area contributed by atoms with E-state index in [0.29, 0.717) is 23.1 Å². The highest BCUT2D eigenvalue weighted by Crippen LogP contribution is 2.19. The van der Waals surface area contributed by atoms with Gasteiger partial charge in [-0.05, 0) is 41.8 Å². The Morgan fingerprint density at radius 2 is 1.59 bits per heavy atom. The molecule has 0 atom stereocenters. The summed E-state index contributed by atoms with van der Waals surface area (Å²) in [4.78, 5) is 32.0. The van der Waals surface area contributed by atoms with Crippen LogP contribution < -0.4 is 16.0 Å². The Morgan fingerprint density at radius 3 is 2.21 bits per heavy atom. The van der Waals surface area contributed by atoms with Crippen molar-refractivity contribution < 1.29 is 9.59 Å².